The van der Waals surface area contributed by atoms with Crippen LogP contribution in [0, 0.1) is 0 Å². The third kappa shape index (κ3) is 4.37. The molecule has 2 aliphatic rings. The molecule has 3 aromatic rings. The Kier molecular flexibility index (Phi) is 6.00. The average molecular weight is 466 g/mol. The first-order valence-corrected chi connectivity index (χ1v) is 11.5. The van der Waals surface area contributed by atoms with Crippen LogP contribution in [-0.2, 0) is 6.61 Å². The second-order valence-corrected chi connectivity index (χ2v) is 8.75. The molecule has 0 saturated heterocycles. The van der Waals surface area contributed by atoms with Crippen LogP contribution in [0.2, 0.25) is 0 Å². The molecule has 1 aliphatic heterocycles. The van der Waals surface area contributed by atoms with E-state index in [9.17, 15) is 15.0 Å². The molecule has 1 fully saturated rings. The minimum absolute atomic E-state index is 0.0385. The molecule has 0 spiro atoms. The Morgan fingerprint density at radius 3 is 2.71 bits per heavy atom. The van der Waals surface area contributed by atoms with Crippen LogP contribution in [0.1, 0.15) is 72.3 Å². The van der Waals surface area contributed by atoms with Crippen LogP contribution in [0.5, 0.6) is 28.7 Å². The van der Waals surface area contributed by atoms with Gasteiger partial charge in [0.2, 0.25) is 0 Å². The van der Waals surface area contributed by atoms with Crippen molar-refractivity contribution in [3.8, 4) is 28.7 Å². The number of carbonyl (C=O) groups excluding carboxylic acids is 1. The van der Waals surface area contributed by atoms with Crippen LogP contribution >= 0.6 is 0 Å². The van der Waals surface area contributed by atoms with E-state index in [0.29, 0.717) is 28.8 Å². The van der Waals surface area contributed by atoms with Gasteiger partial charge in [-0.1, -0.05) is 30.5 Å². The third-order valence-electron chi connectivity index (χ3n) is 6.44. The summed E-state index contributed by atoms with van der Waals surface area (Å²) in [7, 11) is 1.46. The lowest BCUT2D eigenvalue weighted by Crippen LogP contribution is -2.20. The molecule has 2 heterocycles. The highest BCUT2D eigenvalue weighted by molar-refractivity contribution is 6.02. The summed E-state index contributed by atoms with van der Waals surface area (Å²) in [5.41, 5.74) is 1.44. The van der Waals surface area contributed by atoms with Crippen LogP contribution in [0.15, 0.2) is 36.5 Å². The third-order valence-corrected chi connectivity index (χ3v) is 6.44. The first-order chi connectivity index (χ1) is 16.5. The van der Waals surface area contributed by atoms with Crippen molar-refractivity contribution < 1.29 is 29.2 Å². The summed E-state index contributed by atoms with van der Waals surface area (Å²) >= 11 is 0. The molecule has 2 N–H and O–H groups in total. The predicted molar refractivity (Wildman–Crippen MR) is 122 cm³/mol. The number of fused-ring (bicyclic) bond motifs is 1. The average Bonchev–Trinajstić information content (AvgIpc) is 3.32. The molecule has 1 saturated carbocycles. The van der Waals surface area contributed by atoms with Crippen LogP contribution in [0.4, 0.5) is 0 Å². The Balaban J connectivity index is 1.31. The van der Waals surface area contributed by atoms with Gasteiger partial charge in [0, 0.05) is 12.1 Å². The van der Waals surface area contributed by atoms with Crippen LogP contribution < -0.4 is 14.2 Å². The number of benzene rings is 2. The molecule has 0 radical (unpaired) electrons. The zero-order valence-electron chi connectivity index (χ0n) is 18.9. The number of aromatic nitrogens is 3. The zero-order chi connectivity index (χ0) is 23.7. The number of hydrogen-bond donors (Lipinski definition) is 2. The largest absolute Gasteiger partial charge is 0.507 e. The second kappa shape index (κ2) is 9.24. The lowest BCUT2D eigenvalue weighted by molar-refractivity contribution is 0.0844. The van der Waals surface area contributed by atoms with Crippen molar-refractivity contribution in [2.45, 2.75) is 57.3 Å². The SMILES string of the molecule is COc1ccc([C@@H]2CC(=O)c3c(O)cc(OCc4cn(C5CCCCC5)nn4)cc3O2)cc1O. The first-order valence-electron chi connectivity index (χ1n) is 11.5. The maximum absolute atomic E-state index is 12.8. The van der Waals surface area contributed by atoms with Gasteiger partial charge >= 0.3 is 0 Å². The molecule has 0 unspecified atom stereocenters. The normalized spacial score (nSPS) is 18.3. The van der Waals surface area contributed by atoms with Crippen LogP contribution in [0.3, 0.4) is 0 Å². The molecule has 1 aliphatic carbocycles. The number of aromatic hydroxyl groups is 2. The van der Waals surface area contributed by atoms with Crippen LogP contribution in [0.25, 0.3) is 0 Å². The zero-order valence-corrected chi connectivity index (χ0v) is 18.9. The van der Waals surface area contributed by atoms with Gasteiger partial charge in [-0.25, -0.2) is 4.68 Å². The summed E-state index contributed by atoms with van der Waals surface area (Å²) in [5, 5.41) is 29.0. The molecule has 5 rings (SSSR count). The molecular formula is C25H27N3O6. The van der Waals surface area contributed by atoms with Crippen molar-refractivity contribution >= 4 is 5.78 Å². The molecule has 1 atom stereocenters. The van der Waals surface area contributed by atoms with Gasteiger partial charge in [-0.15, -0.1) is 5.10 Å². The van der Waals surface area contributed by atoms with Gasteiger partial charge < -0.3 is 24.4 Å². The number of methoxy groups -OCH3 is 1. The number of ether oxygens (including phenoxy) is 3. The van der Waals surface area contributed by atoms with Crippen LogP contribution in [-0.4, -0.2) is 38.1 Å². The summed E-state index contributed by atoms with van der Waals surface area (Å²) in [5.74, 6) is 0.440. The van der Waals surface area contributed by atoms with Gasteiger partial charge in [0.15, 0.2) is 17.3 Å². The van der Waals surface area contributed by atoms with E-state index in [-0.39, 0.29) is 41.6 Å². The highest BCUT2D eigenvalue weighted by Crippen LogP contribution is 2.43. The fourth-order valence-electron chi connectivity index (χ4n) is 4.65. The Morgan fingerprint density at radius 1 is 1.12 bits per heavy atom. The summed E-state index contributed by atoms with van der Waals surface area (Å²) < 4.78 is 18.9. The number of nitrogens with zero attached hydrogens (tertiary/aromatic N) is 3. The number of hydrogen-bond acceptors (Lipinski definition) is 8. The van der Waals surface area contributed by atoms with E-state index in [0.717, 1.165) is 12.8 Å². The maximum Gasteiger partial charge on any atom is 0.174 e. The van der Waals surface area contributed by atoms with Gasteiger partial charge in [-0.2, -0.15) is 0 Å². The van der Waals surface area contributed by atoms with Crippen molar-refractivity contribution in [1.29, 1.82) is 0 Å². The molecule has 178 valence electrons. The van der Waals surface area contributed by atoms with Gasteiger partial charge in [-0.05, 0) is 30.5 Å². The van der Waals surface area contributed by atoms with E-state index in [1.165, 1.54) is 38.5 Å². The number of phenols is 2. The van der Waals surface area contributed by atoms with Crippen molar-refractivity contribution in [2.75, 3.05) is 7.11 Å². The van der Waals surface area contributed by atoms with E-state index < -0.39 is 6.10 Å². The van der Waals surface area contributed by atoms with Gasteiger partial charge in [0.05, 0.1) is 25.8 Å². The lowest BCUT2D eigenvalue weighted by Gasteiger charge is -2.26. The summed E-state index contributed by atoms with van der Waals surface area (Å²) in [6.07, 6.45) is 7.25. The predicted octanol–water partition coefficient (Wildman–Crippen LogP) is 4.49. The highest BCUT2D eigenvalue weighted by Gasteiger charge is 2.31. The molecule has 9 nitrogen and oxygen atoms in total. The second-order valence-electron chi connectivity index (χ2n) is 8.75. The van der Waals surface area contributed by atoms with E-state index in [2.05, 4.69) is 10.3 Å². The van der Waals surface area contributed by atoms with Crippen molar-refractivity contribution in [3.63, 3.8) is 0 Å². The number of phenolic OH excluding ortho intramolecular Hbond substituents is 2. The topological polar surface area (TPSA) is 116 Å². The van der Waals surface area contributed by atoms with E-state index in [4.69, 9.17) is 14.2 Å². The summed E-state index contributed by atoms with van der Waals surface area (Å²) in [6, 6.07) is 8.25. The highest BCUT2D eigenvalue weighted by atomic mass is 16.5. The van der Waals surface area contributed by atoms with E-state index in [1.54, 1.807) is 18.2 Å². The summed E-state index contributed by atoms with van der Waals surface area (Å²) in [4.78, 5) is 12.8. The standard InChI is InChI=1S/C25H27N3O6/c1-32-22-8-7-15(9-19(22)29)23-12-21(31)25-20(30)10-18(11-24(25)34-23)33-14-16-13-28(27-26-16)17-5-3-2-4-6-17/h7-11,13,17,23,29-30H,2-6,12,14H2,1H3/t23-/m0/s1. The molecule has 1 aromatic heterocycles. The Hall–Kier alpha value is -3.75. The quantitative estimate of drug-likeness (QED) is 0.547. The first kappa shape index (κ1) is 22.1. The van der Waals surface area contributed by atoms with Gasteiger partial charge in [-0.3, -0.25) is 4.79 Å². The number of carbonyl (C=O) groups is 1. The van der Waals surface area contributed by atoms with Crippen molar-refractivity contribution in [2.24, 2.45) is 0 Å². The van der Waals surface area contributed by atoms with Gasteiger partial charge in [0.1, 0.15) is 41.2 Å². The van der Waals surface area contributed by atoms with Gasteiger partial charge in [0.25, 0.3) is 0 Å². The van der Waals surface area contributed by atoms with Crippen molar-refractivity contribution in [3.05, 3.63) is 53.3 Å². The smallest absolute Gasteiger partial charge is 0.174 e. The minimum Gasteiger partial charge on any atom is -0.507 e. The molecule has 0 amide bonds. The Morgan fingerprint density at radius 2 is 1.94 bits per heavy atom. The molecule has 34 heavy (non-hydrogen) atoms. The Labute approximate surface area is 196 Å². The lowest BCUT2D eigenvalue weighted by atomic mass is 9.95. The van der Waals surface area contributed by atoms with E-state index in [1.807, 2.05) is 10.9 Å². The van der Waals surface area contributed by atoms with Crippen molar-refractivity contribution in [1.82, 2.24) is 15.0 Å². The fourth-order valence-corrected chi connectivity index (χ4v) is 4.65. The Bertz CT molecular complexity index is 1200. The molecule has 9 heteroatoms. The van der Waals surface area contributed by atoms with E-state index >= 15 is 0 Å². The monoisotopic (exact) mass is 465 g/mol. The minimum atomic E-state index is -0.609. The fraction of sp³-hybridized carbons (Fsp3) is 0.400. The maximum atomic E-state index is 12.8. The number of Topliss-reactive ketones (excluding diaryl/α,β-unsaturated/α-hetero) is 1. The molecule has 0 bridgehead atoms. The number of rotatable bonds is 6. The number of ketones is 1. The molecular weight excluding hydrogens is 438 g/mol. The summed E-state index contributed by atoms with van der Waals surface area (Å²) in [6.45, 7) is 0.175. The molecule has 2 aromatic carbocycles.